The number of nitrogens with zero attached hydrogens (tertiary/aromatic N) is 1. The summed E-state index contributed by atoms with van der Waals surface area (Å²) in [5, 5.41) is 3.36. The van der Waals surface area contributed by atoms with Crippen LogP contribution in [0.4, 0.5) is 17.1 Å². The van der Waals surface area contributed by atoms with E-state index in [-0.39, 0.29) is 6.04 Å². The molecule has 0 radical (unpaired) electrons. The summed E-state index contributed by atoms with van der Waals surface area (Å²) in [7, 11) is 0. The van der Waals surface area contributed by atoms with Crippen LogP contribution in [0.1, 0.15) is 18.5 Å². The highest BCUT2D eigenvalue weighted by atomic mass is 14.9. The molecule has 4 nitrogen and oxygen atoms in total. The van der Waals surface area contributed by atoms with Gasteiger partial charge in [-0.2, -0.15) is 0 Å². The van der Waals surface area contributed by atoms with Gasteiger partial charge in [-0.1, -0.05) is 0 Å². The quantitative estimate of drug-likeness (QED) is 0.705. The Balaban J connectivity index is 2.13. The first-order chi connectivity index (χ1) is 8.16. The minimum atomic E-state index is 0.195. The maximum absolute atomic E-state index is 5.76. The first-order valence-electron chi connectivity index (χ1n) is 5.48. The SMILES string of the molecule is CC(Nc1ccc(N)c(N)c1)c1ccncc1. The van der Waals surface area contributed by atoms with Gasteiger partial charge in [0, 0.05) is 24.1 Å². The first-order valence-corrected chi connectivity index (χ1v) is 5.48. The largest absolute Gasteiger partial charge is 0.397 e. The van der Waals surface area contributed by atoms with E-state index in [2.05, 4.69) is 17.2 Å². The van der Waals surface area contributed by atoms with Crippen molar-refractivity contribution in [3.63, 3.8) is 0 Å². The lowest BCUT2D eigenvalue weighted by atomic mass is 10.1. The van der Waals surface area contributed by atoms with Crippen molar-refractivity contribution in [2.45, 2.75) is 13.0 Å². The summed E-state index contributed by atoms with van der Waals surface area (Å²) in [6.07, 6.45) is 3.57. The van der Waals surface area contributed by atoms with Crippen molar-refractivity contribution in [2.24, 2.45) is 0 Å². The highest BCUT2D eigenvalue weighted by Crippen LogP contribution is 2.23. The molecule has 0 amide bonds. The molecule has 0 aliphatic carbocycles. The summed E-state index contributed by atoms with van der Waals surface area (Å²) in [4.78, 5) is 4.00. The minimum absolute atomic E-state index is 0.195. The predicted molar refractivity (Wildman–Crippen MR) is 71.5 cm³/mol. The van der Waals surface area contributed by atoms with Crippen LogP contribution in [0.2, 0.25) is 0 Å². The van der Waals surface area contributed by atoms with Gasteiger partial charge < -0.3 is 16.8 Å². The van der Waals surface area contributed by atoms with Crippen molar-refractivity contribution < 1.29 is 0 Å². The van der Waals surface area contributed by atoms with Crippen molar-refractivity contribution >= 4 is 17.1 Å². The van der Waals surface area contributed by atoms with E-state index in [0.717, 1.165) is 5.69 Å². The molecule has 0 bridgehead atoms. The molecule has 0 fully saturated rings. The van der Waals surface area contributed by atoms with Gasteiger partial charge in [0.1, 0.15) is 0 Å². The second kappa shape index (κ2) is 4.74. The third-order valence-corrected chi connectivity index (χ3v) is 2.68. The zero-order valence-electron chi connectivity index (χ0n) is 9.72. The molecule has 2 aromatic rings. The number of hydrogen-bond donors (Lipinski definition) is 3. The molecule has 88 valence electrons. The summed E-state index contributed by atoms with van der Waals surface area (Å²) in [6.45, 7) is 2.09. The fraction of sp³-hybridized carbons (Fsp3) is 0.154. The number of nitrogens with one attached hydrogen (secondary N) is 1. The average molecular weight is 228 g/mol. The van der Waals surface area contributed by atoms with Crippen LogP contribution in [0.5, 0.6) is 0 Å². The molecule has 0 saturated carbocycles. The van der Waals surface area contributed by atoms with Gasteiger partial charge in [0.05, 0.1) is 11.4 Å². The standard InChI is InChI=1S/C13H16N4/c1-9(10-4-6-16-7-5-10)17-11-2-3-12(14)13(15)8-11/h2-9,17H,14-15H2,1H3. The molecule has 1 heterocycles. The van der Waals surface area contributed by atoms with Crippen LogP contribution in [-0.2, 0) is 0 Å². The first kappa shape index (κ1) is 11.3. The second-order valence-electron chi connectivity index (χ2n) is 3.99. The minimum Gasteiger partial charge on any atom is -0.397 e. The molecule has 5 N–H and O–H groups in total. The van der Waals surface area contributed by atoms with Gasteiger partial charge in [-0.3, -0.25) is 4.98 Å². The number of nitrogen functional groups attached to an aromatic ring is 2. The fourth-order valence-electron chi connectivity index (χ4n) is 1.65. The summed E-state index contributed by atoms with van der Waals surface area (Å²) < 4.78 is 0. The highest BCUT2D eigenvalue weighted by Gasteiger charge is 2.05. The van der Waals surface area contributed by atoms with Crippen LogP contribution in [0.25, 0.3) is 0 Å². The van der Waals surface area contributed by atoms with E-state index in [4.69, 9.17) is 11.5 Å². The van der Waals surface area contributed by atoms with Crippen molar-refractivity contribution in [3.8, 4) is 0 Å². The van der Waals surface area contributed by atoms with E-state index in [1.54, 1.807) is 18.5 Å². The Morgan fingerprint density at radius 3 is 2.41 bits per heavy atom. The molecule has 0 spiro atoms. The number of nitrogens with two attached hydrogens (primary N) is 2. The van der Waals surface area contributed by atoms with E-state index in [1.165, 1.54) is 5.56 Å². The zero-order chi connectivity index (χ0) is 12.3. The molecule has 1 aromatic carbocycles. The van der Waals surface area contributed by atoms with Crippen LogP contribution in [0, 0.1) is 0 Å². The molecule has 0 aliphatic heterocycles. The van der Waals surface area contributed by atoms with E-state index in [9.17, 15) is 0 Å². The maximum Gasteiger partial charge on any atom is 0.0568 e. The van der Waals surface area contributed by atoms with E-state index in [0.29, 0.717) is 11.4 Å². The van der Waals surface area contributed by atoms with Crippen LogP contribution in [-0.4, -0.2) is 4.98 Å². The Morgan fingerprint density at radius 2 is 1.76 bits per heavy atom. The molecule has 0 saturated heterocycles. The van der Waals surface area contributed by atoms with Crippen LogP contribution >= 0.6 is 0 Å². The topological polar surface area (TPSA) is 77.0 Å². The van der Waals surface area contributed by atoms with Crippen LogP contribution in [0.3, 0.4) is 0 Å². The molecule has 4 heteroatoms. The summed E-state index contributed by atoms with van der Waals surface area (Å²) >= 11 is 0. The van der Waals surface area contributed by atoms with Gasteiger partial charge in [-0.25, -0.2) is 0 Å². The third-order valence-electron chi connectivity index (χ3n) is 2.68. The molecule has 17 heavy (non-hydrogen) atoms. The van der Waals surface area contributed by atoms with Gasteiger partial charge in [0.2, 0.25) is 0 Å². The number of aromatic nitrogens is 1. The Labute approximate surface area is 101 Å². The second-order valence-corrected chi connectivity index (χ2v) is 3.99. The van der Waals surface area contributed by atoms with E-state index < -0.39 is 0 Å². The number of hydrogen-bond acceptors (Lipinski definition) is 4. The maximum atomic E-state index is 5.76. The Bertz CT molecular complexity index is 496. The smallest absolute Gasteiger partial charge is 0.0568 e. The summed E-state index contributed by atoms with van der Waals surface area (Å²) in [5.74, 6) is 0. The van der Waals surface area contributed by atoms with E-state index in [1.807, 2.05) is 24.3 Å². The van der Waals surface area contributed by atoms with Crippen LogP contribution < -0.4 is 16.8 Å². The zero-order valence-corrected chi connectivity index (χ0v) is 9.72. The molecule has 1 aromatic heterocycles. The Kier molecular flexibility index (Phi) is 3.14. The van der Waals surface area contributed by atoms with Gasteiger partial charge in [-0.15, -0.1) is 0 Å². The lowest BCUT2D eigenvalue weighted by molar-refractivity contribution is 0.881. The van der Waals surface area contributed by atoms with Crippen molar-refractivity contribution in [2.75, 3.05) is 16.8 Å². The molecular weight excluding hydrogens is 212 g/mol. The highest BCUT2D eigenvalue weighted by molar-refractivity contribution is 5.69. The number of anilines is 3. The molecule has 1 unspecified atom stereocenters. The van der Waals surface area contributed by atoms with E-state index >= 15 is 0 Å². The van der Waals surface area contributed by atoms with Gasteiger partial charge in [0.25, 0.3) is 0 Å². The normalized spacial score (nSPS) is 12.1. The van der Waals surface area contributed by atoms with Crippen molar-refractivity contribution in [1.82, 2.24) is 4.98 Å². The summed E-state index contributed by atoms with van der Waals surface area (Å²) in [6, 6.07) is 9.73. The van der Waals surface area contributed by atoms with Gasteiger partial charge in [0.15, 0.2) is 0 Å². The van der Waals surface area contributed by atoms with Crippen LogP contribution in [0.15, 0.2) is 42.7 Å². The Morgan fingerprint density at radius 1 is 1.06 bits per heavy atom. The number of benzene rings is 1. The summed E-state index contributed by atoms with van der Waals surface area (Å²) in [5.41, 5.74) is 14.8. The molecule has 1 atom stereocenters. The molecular formula is C13H16N4. The number of pyridine rings is 1. The predicted octanol–water partition coefficient (Wildman–Crippen LogP) is 2.42. The fourth-order valence-corrected chi connectivity index (χ4v) is 1.65. The lowest BCUT2D eigenvalue weighted by Gasteiger charge is -2.16. The average Bonchev–Trinajstić information content (AvgIpc) is 2.35. The van der Waals surface area contributed by atoms with Crippen molar-refractivity contribution in [3.05, 3.63) is 48.3 Å². The Hall–Kier alpha value is -2.23. The molecule has 2 rings (SSSR count). The monoisotopic (exact) mass is 228 g/mol. The lowest BCUT2D eigenvalue weighted by Crippen LogP contribution is -2.07. The van der Waals surface area contributed by atoms with Gasteiger partial charge in [-0.05, 0) is 42.8 Å². The van der Waals surface area contributed by atoms with Crippen molar-refractivity contribution in [1.29, 1.82) is 0 Å². The van der Waals surface area contributed by atoms with Gasteiger partial charge >= 0.3 is 0 Å². The number of rotatable bonds is 3. The third kappa shape index (κ3) is 2.66. The molecule has 0 aliphatic rings.